The molecule has 1 N–H and O–H groups in total. The predicted octanol–water partition coefficient (Wildman–Crippen LogP) is 4.79. The Labute approximate surface area is 128 Å². The first-order chi connectivity index (χ1) is 9.58. The van der Waals surface area contributed by atoms with E-state index >= 15 is 0 Å². The van der Waals surface area contributed by atoms with Gasteiger partial charge < -0.3 is 5.32 Å². The Hall–Kier alpha value is -1.19. The van der Waals surface area contributed by atoms with Gasteiger partial charge in [-0.3, -0.25) is 0 Å². The van der Waals surface area contributed by atoms with Gasteiger partial charge in [0.2, 0.25) is 0 Å². The van der Waals surface area contributed by atoms with Crippen LogP contribution in [0.2, 0.25) is 0 Å². The molecule has 0 bridgehead atoms. The minimum absolute atomic E-state index is 0.128. The number of aryl methyl sites for hydroxylation is 1. The van der Waals surface area contributed by atoms with Crippen LogP contribution >= 0.6 is 15.9 Å². The van der Waals surface area contributed by atoms with E-state index in [1.165, 1.54) is 5.56 Å². The molecule has 0 aliphatic heterocycles. The summed E-state index contributed by atoms with van der Waals surface area (Å²) in [6.45, 7) is 4.85. The third-order valence-corrected chi connectivity index (χ3v) is 3.74. The molecule has 106 valence electrons. The molecule has 0 aliphatic carbocycles. The molecule has 2 rings (SSSR count). The number of benzene rings is 2. The van der Waals surface area contributed by atoms with Gasteiger partial charge in [0.25, 0.3) is 0 Å². The molecular weight excluding hydrogens is 317 g/mol. The topological polar surface area (TPSA) is 12.0 Å². The Morgan fingerprint density at radius 1 is 1.20 bits per heavy atom. The van der Waals surface area contributed by atoms with Gasteiger partial charge in [-0.2, -0.15) is 0 Å². The quantitative estimate of drug-likeness (QED) is 0.828. The number of rotatable bonds is 5. The maximum absolute atomic E-state index is 13.6. The molecule has 1 unspecified atom stereocenters. The second kappa shape index (κ2) is 7.00. The van der Waals surface area contributed by atoms with Crippen LogP contribution in [0.4, 0.5) is 4.39 Å². The molecule has 3 heteroatoms. The maximum atomic E-state index is 13.6. The van der Waals surface area contributed by atoms with Gasteiger partial charge in [-0.1, -0.05) is 41.1 Å². The SMILES string of the molecule is CCNC(Cc1cccc(Br)c1)c1cc(C)cc(F)c1. The first-order valence-electron chi connectivity index (χ1n) is 6.83. The van der Waals surface area contributed by atoms with Crippen LogP contribution in [0.3, 0.4) is 0 Å². The fourth-order valence-electron chi connectivity index (χ4n) is 2.42. The first-order valence-corrected chi connectivity index (χ1v) is 7.62. The fourth-order valence-corrected chi connectivity index (χ4v) is 2.87. The van der Waals surface area contributed by atoms with Crippen LogP contribution in [0, 0.1) is 12.7 Å². The van der Waals surface area contributed by atoms with Crippen molar-refractivity contribution in [1.82, 2.24) is 5.32 Å². The van der Waals surface area contributed by atoms with Crippen LogP contribution in [0.15, 0.2) is 46.9 Å². The van der Waals surface area contributed by atoms with Crippen molar-refractivity contribution in [3.63, 3.8) is 0 Å². The predicted molar refractivity (Wildman–Crippen MR) is 85.4 cm³/mol. The Morgan fingerprint density at radius 3 is 2.65 bits per heavy atom. The van der Waals surface area contributed by atoms with Crippen molar-refractivity contribution in [1.29, 1.82) is 0 Å². The van der Waals surface area contributed by atoms with Gasteiger partial charge in [0.15, 0.2) is 0 Å². The highest BCUT2D eigenvalue weighted by molar-refractivity contribution is 9.10. The van der Waals surface area contributed by atoms with Gasteiger partial charge in [-0.15, -0.1) is 0 Å². The lowest BCUT2D eigenvalue weighted by Crippen LogP contribution is -2.23. The summed E-state index contributed by atoms with van der Waals surface area (Å²) < 4.78 is 14.7. The van der Waals surface area contributed by atoms with E-state index in [0.29, 0.717) is 0 Å². The van der Waals surface area contributed by atoms with Gasteiger partial charge in [-0.25, -0.2) is 4.39 Å². The van der Waals surface area contributed by atoms with Crippen molar-refractivity contribution in [3.8, 4) is 0 Å². The smallest absolute Gasteiger partial charge is 0.123 e. The summed E-state index contributed by atoms with van der Waals surface area (Å²) in [7, 11) is 0. The average molecular weight is 336 g/mol. The standard InChI is InChI=1S/C17H19BrFN/c1-3-20-17(10-13-5-4-6-15(18)9-13)14-7-12(2)8-16(19)11-14/h4-9,11,17,20H,3,10H2,1-2H3. The minimum Gasteiger partial charge on any atom is -0.310 e. The van der Waals surface area contributed by atoms with E-state index in [-0.39, 0.29) is 11.9 Å². The average Bonchev–Trinajstić information content (AvgIpc) is 2.37. The van der Waals surface area contributed by atoms with Gasteiger partial charge in [0.05, 0.1) is 0 Å². The van der Waals surface area contributed by atoms with E-state index in [2.05, 4.69) is 40.3 Å². The van der Waals surface area contributed by atoms with E-state index in [0.717, 1.165) is 28.6 Å². The van der Waals surface area contributed by atoms with E-state index in [9.17, 15) is 4.39 Å². The van der Waals surface area contributed by atoms with Crippen LogP contribution in [0.1, 0.15) is 29.7 Å². The normalized spacial score (nSPS) is 12.4. The number of likely N-dealkylation sites (N-methyl/N-ethyl adjacent to an activating group) is 1. The van der Waals surface area contributed by atoms with E-state index < -0.39 is 0 Å². The molecule has 0 fully saturated rings. The zero-order valence-corrected chi connectivity index (χ0v) is 13.4. The van der Waals surface area contributed by atoms with E-state index in [4.69, 9.17) is 0 Å². The zero-order valence-electron chi connectivity index (χ0n) is 11.8. The van der Waals surface area contributed by atoms with E-state index in [1.807, 2.05) is 25.1 Å². The molecule has 0 radical (unpaired) electrons. The lowest BCUT2D eigenvalue weighted by atomic mass is 9.97. The molecular formula is C17H19BrFN. The van der Waals surface area contributed by atoms with Crippen molar-refractivity contribution in [2.75, 3.05) is 6.54 Å². The van der Waals surface area contributed by atoms with Gasteiger partial charge in [0.1, 0.15) is 5.82 Å². The molecule has 2 aromatic carbocycles. The van der Waals surface area contributed by atoms with Crippen molar-refractivity contribution < 1.29 is 4.39 Å². The van der Waals surface area contributed by atoms with Crippen molar-refractivity contribution in [2.45, 2.75) is 26.3 Å². The molecule has 0 heterocycles. The van der Waals surface area contributed by atoms with Crippen LogP contribution in [0.5, 0.6) is 0 Å². The van der Waals surface area contributed by atoms with Crippen molar-refractivity contribution >= 4 is 15.9 Å². The summed E-state index contributed by atoms with van der Waals surface area (Å²) in [4.78, 5) is 0. The maximum Gasteiger partial charge on any atom is 0.123 e. The van der Waals surface area contributed by atoms with Crippen molar-refractivity contribution in [2.24, 2.45) is 0 Å². The summed E-state index contributed by atoms with van der Waals surface area (Å²) in [5, 5.41) is 3.44. The summed E-state index contributed by atoms with van der Waals surface area (Å²) in [6, 6.07) is 13.6. The van der Waals surface area contributed by atoms with Crippen LogP contribution < -0.4 is 5.32 Å². The molecule has 0 aromatic heterocycles. The van der Waals surface area contributed by atoms with Crippen molar-refractivity contribution in [3.05, 3.63) is 69.4 Å². The Morgan fingerprint density at radius 2 is 2.00 bits per heavy atom. The number of hydrogen-bond donors (Lipinski definition) is 1. The molecule has 1 atom stereocenters. The summed E-state index contributed by atoms with van der Waals surface area (Å²) >= 11 is 3.49. The molecule has 0 amide bonds. The fraction of sp³-hybridized carbons (Fsp3) is 0.294. The summed E-state index contributed by atoms with van der Waals surface area (Å²) in [6.07, 6.45) is 0.843. The van der Waals surface area contributed by atoms with Gasteiger partial charge >= 0.3 is 0 Å². The van der Waals surface area contributed by atoms with Crippen LogP contribution in [0.25, 0.3) is 0 Å². The van der Waals surface area contributed by atoms with Gasteiger partial charge in [0, 0.05) is 10.5 Å². The molecule has 2 aromatic rings. The first kappa shape index (κ1) is 15.2. The molecule has 1 nitrogen and oxygen atoms in total. The van der Waals surface area contributed by atoms with Crippen LogP contribution in [-0.4, -0.2) is 6.54 Å². The largest absolute Gasteiger partial charge is 0.310 e. The minimum atomic E-state index is -0.169. The lowest BCUT2D eigenvalue weighted by Gasteiger charge is -2.19. The van der Waals surface area contributed by atoms with Gasteiger partial charge in [-0.05, 0) is 60.8 Å². The Kier molecular flexibility index (Phi) is 5.32. The second-order valence-corrected chi connectivity index (χ2v) is 5.92. The summed E-state index contributed by atoms with van der Waals surface area (Å²) in [5.41, 5.74) is 3.19. The second-order valence-electron chi connectivity index (χ2n) is 5.01. The highest BCUT2D eigenvalue weighted by Gasteiger charge is 2.13. The number of hydrogen-bond acceptors (Lipinski definition) is 1. The number of halogens is 2. The molecule has 0 saturated heterocycles. The molecule has 0 aliphatic rings. The molecule has 0 saturated carbocycles. The van der Waals surface area contributed by atoms with E-state index in [1.54, 1.807) is 12.1 Å². The highest BCUT2D eigenvalue weighted by atomic mass is 79.9. The Bertz CT molecular complexity index is 563. The molecule has 20 heavy (non-hydrogen) atoms. The Balaban J connectivity index is 2.26. The zero-order chi connectivity index (χ0) is 14.5. The monoisotopic (exact) mass is 335 g/mol. The molecule has 0 spiro atoms. The summed E-state index contributed by atoms with van der Waals surface area (Å²) in [5.74, 6) is -0.169. The van der Waals surface area contributed by atoms with Crippen LogP contribution in [-0.2, 0) is 6.42 Å². The highest BCUT2D eigenvalue weighted by Crippen LogP contribution is 2.22. The lowest BCUT2D eigenvalue weighted by molar-refractivity contribution is 0.542. The number of nitrogens with one attached hydrogen (secondary N) is 1. The third kappa shape index (κ3) is 4.15. The third-order valence-electron chi connectivity index (χ3n) is 3.25.